The standard InChI is InChI=1S/C14H20N4O4/c1-5-9(2)10(3)11(4)15-16-13-7-6-12(17(19)20)8-14(13)18(21)22/h6-10,16H,5H2,1-4H3/b15-11-/t9-,10+/m0/s1. The van der Waals surface area contributed by atoms with E-state index >= 15 is 0 Å². The Kier molecular flexibility index (Phi) is 5.97. The Morgan fingerprint density at radius 2 is 1.91 bits per heavy atom. The highest BCUT2D eigenvalue weighted by Crippen LogP contribution is 2.29. The molecule has 0 aliphatic carbocycles. The fourth-order valence-electron chi connectivity index (χ4n) is 1.89. The van der Waals surface area contributed by atoms with E-state index in [1.54, 1.807) is 0 Å². The van der Waals surface area contributed by atoms with Crippen LogP contribution in [0.4, 0.5) is 17.1 Å². The summed E-state index contributed by atoms with van der Waals surface area (Å²) >= 11 is 0. The highest BCUT2D eigenvalue weighted by Gasteiger charge is 2.20. The smallest absolute Gasteiger partial charge is 0.272 e. The molecular weight excluding hydrogens is 288 g/mol. The fourth-order valence-corrected chi connectivity index (χ4v) is 1.89. The number of hydrazone groups is 1. The number of nitro groups is 2. The third-order valence-corrected chi connectivity index (χ3v) is 3.90. The van der Waals surface area contributed by atoms with E-state index in [0.29, 0.717) is 5.92 Å². The highest BCUT2D eigenvalue weighted by atomic mass is 16.6. The predicted octanol–water partition coefficient (Wildman–Crippen LogP) is 3.97. The molecule has 0 bridgehead atoms. The van der Waals surface area contributed by atoms with Gasteiger partial charge in [-0.3, -0.25) is 25.7 Å². The Hall–Kier alpha value is -2.51. The maximum Gasteiger partial charge on any atom is 0.301 e. The van der Waals surface area contributed by atoms with Gasteiger partial charge in [0, 0.05) is 11.8 Å². The topological polar surface area (TPSA) is 111 Å². The zero-order valence-electron chi connectivity index (χ0n) is 13.1. The van der Waals surface area contributed by atoms with E-state index in [9.17, 15) is 20.2 Å². The lowest BCUT2D eigenvalue weighted by Crippen LogP contribution is -2.17. The summed E-state index contributed by atoms with van der Waals surface area (Å²) in [7, 11) is 0. The van der Waals surface area contributed by atoms with Crippen molar-refractivity contribution in [2.45, 2.75) is 34.1 Å². The van der Waals surface area contributed by atoms with Crippen molar-refractivity contribution in [3.63, 3.8) is 0 Å². The number of hydrogen-bond donors (Lipinski definition) is 1. The molecule has 1 aromatic rings. The van der Waals surface area contributed by atoms with Gasteiger partial charge in [0.25, 0.3) is 5.69 Å². The third-order valence-electron chi connectivity index (χ3n) is 3.90. The molecular formula is C14H20N4O4. The number of hydrogen-bond acceptors (Lipinski definition) is 6. The average molecular weight is 308 g/mol. The summed E-state index contributed by atoms with van der Waals surface area (Å²) in [5.41, 5.74) is 2.90. The van der Waals surface area contributed by atoms with Gasteiger partial charge in [0.1, 0.15) is 5.69 Å². The van der Waals surface area contributed by atoms with E-state index in [1.165, 1.54) is 12.1 Å². The maximum absolute atomic E-state index is 11.0. The molecule has 0 aliphatic heterocycles. The van der Waals surface area contributed by atoms with Crippen LogP contribution in [0.1, 0.15) is 34.1 Å². The Morgan fingerprint density at radius 1 is 1.27 bits per heavy atom. The number of nitrogens with one attached hydrogen (secondary N) is 1. The molecule has 1 N–H and O–H groups in total. The zero-order valence-corrected chi connectivity index (χ0v) is 13.1. The van der Waals surface area contributed by atoms with Gasteiger partial charge in [0.2, 0.25) is 0 Å². The molecule has 0 spiro atoms. The summed E-state index contributed by atoms with van der Waals surface area (Å²) in [6.45, 7) is 8.08. The zero-order chi connectivity index (χ0) is 16.9. The monoisotopic (exact) mass is 308 g/mol. The number of nitro benzene ring substituents is 2. The lowest BCUT2D eigenvalue weighted by atomic mass is 9.90. The molecule has 8 heteroatoms. The van der Waals surface area contributed by atoms with E-state index < -0.39 is 9.85 Å². The Bertz CT molecular complexity index is 601. The third kappa shape index (κ3) is 4.24. The lowest BCUT2D eigenvalue weighted by Gasteiger charge is -2.17. The number of nitrogens with zero attached hydrogens (tertiary/aromatic N) is 3. The maximum atomic E-state index is 11.0. The van der Waals surface area contributed by atoms with E-state index in [0.717, 1.165) is 18.2 Å². The van der Waals surface area contributed by atoms with Gasteiger partial charge in [-0.2, -0.15) is 5.10 Å². The fraction of sp³-hybridized carbons (Fsp3) is 0.500. The van der Waals surface area contributed by atoms with Crippen LogP contribution in [0, 0.1) is 32.1 Å². The molecule has 0 aliphatic rings. The molecule has 8 nitrogen and oxygen atoms in total. The normalized spacial score (nSPS) is 14.3. The molecule has 1 aromatic carbocycles. The molecule has 0 heterocycles. The van der Waals surface area contributed by atoms with Crippen molar-refractivity contribution >= 4 is 22.8 Å². The van der Waals surface area contributed by atoms with Crippen molar-refractivity contribution < 1.29 is 9.85 Å². The minimum Gasteiger partial charge on any atom is -0.272 e. The summed E-state index contributed by atoms with van der Waals surface area (Å²) in [6, 6.07) is 3.42. The van der Waals surface area contributed by atoms with Crippen LogP contribution in [0.5, 0.6) is 0 Å². The SMILES string of the molecule is CC[C@H](C)[C@@H](C)/C(C)=N\Nc1ccc([N+](=O)[O-])cc1[N+](=O)[O-]. The average Bonchev–Trinajstić information content (AvgIpc) is 2.50. The minimum absolute atomic E-state index is 0.131. The van der Waals surface area contributed by atoms with E-state index in [1.807, 2.05) is 13.8 Å². The number of rotatable bonds is 7. The summed E-state index contributed by atoms with van der Waals surface area (Å²) in [5, 5.41) is 25.9. The van der Waals surface area contributed by atoms with Gasteiger partial charge in [0.15, 0.2) is 0 Å². The largest absolute Gasteiger partial charge is 0.301 e. The molecule has 0 saturated carbocycles. The van der Waals surface area contributed by atoms with Crippen molar-refractivity contribution in [1.82, 2.24) is 0 Å². The van der Waals surface area contributed by atoms with Gasteiger partial charge in [-0.05, 0) is 24.8 Å². The molecule has 1 rings (SSSR count). The van der Waals surface area contributed by atoms with Crippen molar-refractivity contribution in [3.05, 3.63) is 38.4 Å². The van der Waals surface area contributed by atoms with Gasteiger partial charge in [0.05, 0.1) is 15.9 Å². The first-order chi connectivity index (χ1) is 10.3. The highest BCUT2D eigenvalue weighted by molar-refractivity contribution is 5.85. The van der Waals surface area contributed by atoms with Crippen LogP contribution in [0.2, 0.25) is 0 Å². The summed E-state index contributed by atoms with van der Waals surface area (Å²) in [4.78, 5) is 20.4. The molecule has 2 atom stereocenters. The molecule has 0 radical (unpaired) electrons. The van der Waals surface area contributed by atoms with Crippen LogP contribution in [-0.4, -0.2) is 15.6 Å². The first-order valence-corrected chi connectivity index (χ1v) is 7.00. The molecule has 0 saturated heterocycles. The molecule has 0 amide bonds. The van der Waals surface area contributed by atoms with Gasteiger partial charge < -0.3 is 0 Å². The predicted molar refractivity (Wildman–Crippen MR) is 85.1 cm³/mol. The molecule has 22 heavy (non-hydrogen) atoms. The second-order valence-corrected chi connectivity index (χ2v) is 5.25. The van der Waals surface area contributed by atoms with E-state index in [2.05, 4.69) is 24.4 Å². The quantitative estimate of drug-likeness (QED) is 0.465. The van der Waals surface area contributed by atoms with E-state index in [4.69, 9.17) is 0 Å². The lowest BCUT2D eigenvalue weighted by molar-refractivity contribution is -0.393. The van der Waals surface area contributed by atoms with Gasteiger partial charge in [-0.25, -0.2) is 0 Å². The second-order valence-electron chi connectivity index (χ2n) is 5.25. The van der Waals surface area contributed by atoms with Crippen LogP contribution < -0.4 is 5.43 Å². The van der Waals surface area contributed by atoms with Crippen LogP contribution in [0.25, 0.3) is 0 Å². The Morgan fingerprint density at radius 3 is 2.41 bits per heavy atom. The van der Waals surface area contributed by atoms with Crippen LogP contribution in [-0.2, 0) is 0 Å². The summed E-state index contributed by atoms with van der Waals surface area (Å²) in [6.07, 6.45) is 1.01. The summed E-state index contributed by atoms with van der Waals surface area (Å²) in [5.74, 6) is 0.673. The van der Waals surface area contributed by atoms with Crippen LogP contribution in [0.15, 0.2) is 23.3 Å². The van der Waals surface area contributed by atoms with Gasteiger partial charge in [-0.1, -0.05) is 27.2 Å². The van der Waals surface area contributed by atoms with Crippen LogP contribution >= 0.6 is 0 Å². The second kappa shape index (κ2) is 7.48. The molecule has 0 aromatic heterocycles. The Balaban J connectivity index is 3.03. The van der Waals surface area contributed by atoms with Crippen molar-refractivity contribution in [3.8, 4) is 0 Å². The first kappa shape index (κ1) is 17.5. The van der Waals surface area contributed by atoms with Gasteiger partial charge >= 0.3 is 5.69 Å². The first-order valence-electron chi connectivity index (χ1n) is 7.00. The van der Waals surface area contributed by atoms with E-state index in [-0.39, 0.29) is 23.0 Å². The summed E-state index contributed by atoms with van der Waals surface area (Å²) < 4.78 is 0. The number of benzene rings is 1. The number of anilines is 1. The van der Waals surface area contributed by atoms with Crippen LogP contribution in [0.3, 0.4) is 0 Å². The number of non-ortho nitro benzene ring substituents is 1. The van der Waals surface area contributed by atoms with Crippen molar-refractivity contribution in [2.75, 3.05) is 5.43 Å². The molecule has 120 valence electrons. The minimum atomic E-state index is -0.670. The molecule has 0 unspecified atom stereocenters. The molecule has 0 fully saturated rings. The van der Waals surface area contributed by atoms with Gasteiger partial charge in [-0.15, -0.1) is 0 Å². The van der Waals surface area contributed by atoms with Crippen molar-refractivity contribution in [2.24, 2.45) is 16.9 Å². The van der Waals surface area contributed by atoms with Crippen molar-refractivity contribution in [1.29, 1.82) is 0 Å². The Labute approximate surface area is 128 Å².